The van der Waals surface area contributed by atoms with Gasteiger partial charge < -0.3 is 30.8 Å². The normalized spacial score (nSPS) is 22.9. The van der Waals surface area contributed by atoms with Gasteiger partial charge in [0.2, 0.25) is 5.91 Å². The van der Waals surface area contributed by atoms with Gasteiger partial charge in [0.05, 0.1) is 36.0 Å². The molecule has 3 aromatic rings. The van der Waals surface area contributed by atoms with Gasteiger partial charge >= 0.3 is 0 Å². The van der Waals surface area contributed by atoms with E-state index in [0.29, 0.717) is 46.6 Å². The van der Waals surface area contributed by atoms with Gasteiger partial charge in [0, 0.05) is 18.2 Å². The third-order valence-corrected chi connectivity index (χ3v) is 8.62. The van der Waals surface area contributed by atoms with Crippen LogP contribution in [0.1, 0.15) is 51.0 Å². The van der Waals surface area contributed by atoms with Crippen LogP contribution >= 0.6 is 11.6 Å². The maximum absolute atomic E-state index is 12.4. The van der Waals surface area contributed by atoms with Gasteiger partial charge in [0.15, 0.2) is 5.65 Å². The van der Waals surface area contributed by atoms with Crippen LogP contribution in [0.4, 0.5) is 5.69 Å². The first-order valence-corrected chi connectivity index (χ1v) is 14.5. The molecule has 4 atom stereocenters. The fourth-order valence-electron chi connectivity index (χ4n) is 6.32. The first kappa shape index (κ1) is 28.4. The molecule has 3 heterocycles. The number of aromatic nitrogens is 3. The number of nitrogens with two attached hydrogens (primary N) is 1. The highest BCUT2D eigenvalue weighted by molar-refractivity contribution is 6.34. The number of anilines is 1. The lowest BCUT2D eigenvalue weighted by atomic mass is 9.78. The molecule has 0 unspecified atom stereocenters. The van der Waals surface area contributed by atoms with Gasteiger partial charge in [-0.25, -0.2) is 9.97 Å². The van der Waals surface area contributed by atoms with Crippen LogP contribution in [0, 0.1) is 11.8 Å². The number of aliphatic hydroxyl groups excluding tert-OH is 1. The molecule has 0 saturated carbocycles. The molecule has 2 aromatic heterocycles. The van der Waals surface area contributed by atoms with Crippen LogP contribution in [0.15, 0.2) is 36.5 Å². The Hall–Kier alpha value is -3.14. The van der Waals surface area contributed by atoms with Crippen molar-refractivity contribution in [3.05, 3.63) is 47.1 Å². The van der Waals surface area contributed by atoms with E-state index in [1.54, 1.807) is 13.3 Å². The quantitative estimate of drug-likeness (QED) is 0.276. The van der Waals surface area contributed by atoms with Gasteiger partial charge in [-0.1, -0.05) is 30.7 Å². The second-order valence-electron chi connectivity index (χ2n) is 11.1. The summed E-state index contributed by atoms with van der Waals surface area (Å²) in [6.07, 6.45) is 8.91. The number of imidazole rings is 1. The van der Waals surface area contributed by atoms with E-state index in [9.17, 15) is 9.90 Å². The van der Waals surface area contributed by atoms with Crippen molar-refractivity contribution < 1.29 is 14.6 Å². The van der Waals surface area contributed by atoms with Crippen molar-refractivity contribution in [3.63, 3.8) is 0 Å². The zero-order chi connectivity index (χ0) is 28.4. The fourth-order valence-corrected chi connectivity index (χ4v) is 6.52. The molecule has 9 nitrogen and oxygen atoms in total. The number of β-amino-alcohol motifs (C(OH)–C–C–N with tert-alkyl or cyclic N) is 1. The Morgan fingerprint density at radius 3 is 2.80 bits per heavy atom. The molecular weight excluding hydrogens is 528 g/mol. The molecule has 5 rings (SSSR count). The maximum atomic E-state index is 12.4. The topological polar surface area (TPSA) is 129 Å². The minimum absolute atomic E-state index is 0.0750. The molecule has 1 aromatic carbocycles. The number of piperidine rings is 1. The van der Waals surface area contributed by atoms with Crippen molar-refractivity contribution in [1.29, 1.82) is 0 Å². The number of likely N-dealkylation sites (tertiary alicyclic amines) is 1. The lowest BCUT2D eigenvalue weighted by molar-refractivity contribution is -0.123. The molecule has 5 N–H and O–H groups in total. The van der Waals surface area contributed by atoms with Gasteiger partial charge in [-0.3, -0.25) is 4.79 Å². The Bertz CT molecular complexity index is 1380. The van der Waals surface area contributed by atoms with Crippen LogP contribution in [0.25, 0.3) is 22.6 Å². The van der Waals surface area contributed by atoms with E-state index in [1.165, 1.54) is 5.56 Å². The number of allylic oxidation sites excluding steroid dienone is 1. The van der Waals surface area contributed by atoms with Crippen LogP contribution < -0.4 is 15.8 Å². The minimum Gasteiger partial charge on any atom is -0.497 e. The predicted molar refractivity (Wildman–Crippen MR) is 159 cm³/mol. The van der Waals surface area contributed by atoms with Crippen LogP contribution in [0.2, 0.25) is 5.02 Å². The van der Waals surface area contributed by atoms with E-state index < -0.39 is 0 Å². The number of aliphatic hydroxyl groups is 1. The van der Waals surface area contributed by atoms with Crippen LogP contribution in [-0.2, 0) is 4.79 Å². The van der Waals surface area contributed by atoms with Gasteiger partial charge in [0.25, 0.3) is 0 Å². The number of pyridine rings is 1. The average Bonchev–Trinajstić information content (AvgIpc) is 3.38. The first-order chi connectivity index (χ1) is 19.3. The van der Waals surface area contributed by atoms with Crippen LogP contribution in [0.5, 0.6) is 5.75 Å². The number of nitrogens with one attached hydrogen (secondary N) is 2. The number of fused-ring (bicyclic) bond motifs is 1. The number of carbonyl (C=O) groups is 1. The first-order valence-electron chi connectivity index (χ1n) is 14.1. The molecule has 0 bridgehead atoms. The summed E-state index contributed by atoms with van der Waals surface area (Å²) < 4.78 is 5.58. The summed E-state index contributed by atoms with van der Waals surface area (Å²) in [6, 6.07) is 5.91. The van der Waals surface area contributed by atoms with Crippen LogP contribution in [0.3, 0.4) is 0 Å². The second-order valence-corrected chi connectivity index (χ2v) is 11.5. The highest BCUT2D eigenvalue weighted by atomic mass is 35.5. The minimum atomic E-state index is -0.343. The molecule has 2 aliphatic rings. The highest BCUT2D eigenvalue weighted by Crippen LogP contribution is 2.39. The number of benzene rings is 1. The summed E-state index contributed by atoms with van der Waals surface area (Å²) in [7, 11) is 1.68. The number of aromatic amines is 1. The molecule has 0 spiro atoms. The smallest absolute Gasteiger partial charge is 0.223 e. The number of rotatable bonds is 9. The van der Waals surface area contributed by atoms with Crippen molar-refractivity contribution in [1.82, 2.24) is 19.9 Å². The summed E-state index contributed by atoms with van der Waals surface area (Å²) in [5.41, 5.74) is 9.93. The van der Waals surface area contributed by atoms with Crippen molar-refractivity contribution in [2.45, 2.75) is 57.6 Å². The molecule has 214 valence electrons. The molecular formula is C30H39ClN6O3. The van der Waals surface area contributed by atoms with Crippen molar-refractivity contribution >= 4 is 34.4 Å². The number of amides is 1. The molecule has 10 heteroatoms. The number of hydrogen-bond acceptors (Lipinski definition) is 7. The van der Waals surface area contributed by atoms with Crippen molar-refractivity contribution in [3.8, 4) is 17.1 Å². The zero-order valence-electron chi connectivity index (χ0n) is 23.4. The second kappa shape index (κ2) is 12.2. The Morgan fingerprint density at radius 2 is 2.12 bits per heavy atom. The summed E-state index contributed by atoms with van der Waals surface area (Å²) in [6.45, 7) is 6.43. The summed E-state index contributed by atoms with van der Waals surface area (Å²) in [4.78, 5) is 27.6. The lowest BCUT2D eigenvalue weighted by Crippen LogP contribution is -2.43. The number of methoxy groups -OCH3 is 1. The highest BCUT2D eigenvalue weighted by Gasteiger charge is 2.35. The van der Waals surface area contributed by atoms with Crippen LogP contribution in [-0.4, -0.2) is 69.8 Å². The van der Waals surface area contributed by atoms with E-state index in [-0.39, 0.29) is 29.9 Å². The van der Waals surface area contributed by atoms with Gasteiger partial charge in [-0.05, 0) is 81.3 Å². The van der Waals surface area contributed by atoms with E-state index >= 15 is 0 Å². The third kappa shape index (κ3) is 5.82. The number of nitrogens with zero attached hydrogens (tertiary/aromatic N) is 3. The Balaban J connectivity index is 1.49. The fraction of sp³-hybridized carbons (Fsp3) is 0.500. The standard InChI is InChI=1S/C30H39ClN6O3/c1-4-18-6-5-7-24(25(18)28(32)39)34-26-23(31)15-33-30-27(26)35-29(36-30)21-9-8-20(40-3)14-22(21)19-10-12-37(13-11-19)16-17(2)38/h5-6,8-9,14-15,17-19,24-25,38H,4,7,10-13,16H2,1-3H3,(H2,32,39)(H2,33,34,35,36)/t17-,18+,24-,25+/m1/s1. The van der Waals surface area contributed by atoms with E-state index in [1.807, 2.05) is 19.1 Å². The summed E-state index contributed by atoms with van der Waals surface area (Å²) in [5, 5.41) is 13.8. The van der Waals surface area contributed by atoms with Crippen molar-refractivity contribution in [2.75, 3.05) is 32.1 Å². The number of H-pyrrole nitrogens is 1. The Kier molecular flexibility index (Phi) is 8.63. The number of halogens is 1. The summed E-state index contributed by atoms with van der Waals surface area (Å²) in [5.74, 6) is 1.25. The molecule has 1 fully saturated rings. The monoisotopic (exact) mass is 566 g/mol. The van der Waals surface area contributed by atoms with Gasteiger partial charge in [-0.15, -0.1) is 0 Å². The predicted octanol–water partition coefficient (Wildman–Crippen LogP) is 4.72. The van der Waals surface area contributed by atoms with E-state index in [2.05, 4.69) is 45.3 Å². The van der Waals surface area contributed by atoms with Gasteiger partial charge in [0.1, 0.15) is 17.1 Å². The number of carbonyl (C=O) groups excluding carboxylic acids is 1. The van der Waals surface area contributed by atoms with Crippen molar-refractivity contribution in [2.24, 2.45) is 17.6 Å². The maximum Gasteiger partial charge on any atom is 0.223 e. The number of primary amides is 1. The largest absolute Gasteiger partial charge is 0.497 e. The Labute approximate surface area is 240 Å². The molecule has 40 heavy (non-hydrogen) atoms. The lowest BCUT2D eigenvalue weighted by Gasteiger charge is -2.33. The number of ether oxygens (including phenoxy) is 1. The molecule has 0 radical (unpaired) electrons. The van der Waals surface area contributed by atoms with E-state index in [0.717, 1.165) is 43.7 Å². The SMILES string of the molecule is CC[C@H]1C=CC[C@@H](Nc2c(Cl)cnc3nc(-c4ccc(OC)cc4C4CCN(C[C@@H](C)O)CC4)[nH]c23)[C@H]1C(N)=O. The molecule has 1 aliphatic carbocycles. The number of hydrogen-bond donors (Lipinski definition) is 4. The van der Waals surface area contributed by atoms with E-state index in [4.69, 9.17) is 27.1 Å². The average molecular weight is 567 g/mol. The Morgan fingerprint density at radius 1 is 1.35 bits per heavy atom. The summed E-state index contributed by atoms with van der Waals surface area (Å²) >= 11 is 6.67. The zero-order valence-corrected chi connectivity index (χ0v) is 24.1. The molecule has 1 amide bonds. The molecule has 1 aliphatic heterocycles. The third-order valence-electron chi connectivity index (χ3n) is 8.34. The van der Waals surface area contributed by atoms with Gasteiger partial charge in [-0.2, -0.15) is 0 Å². The molecule has 1 saturated heterocycles.